The lowest BCUT2D eigenvalue weighted by Crippen LogP contribution is -2.05. The normalized spacial score (nSPS) is 11.7. The van der Waals surface area contributed by atoms with Gasteiger partial charge in [0.25, 0.3) is 0 Å². The lowest BCUT2D eigenvalue weighted by atomic mass is 9.98. The molecule has 0 aliphatic carbocycles. The molecule has 0 amide bonds. The van der Waals surface area contributed by atoms with Gasteiger partial charge in [-0.2, -0.15) is 0 Å². The van der Waals surface area contributed by atoms with Crippen molar-refractivity contribution in [1.82, 2.24) is 19.1 Å². The van der Waals surface area contributed by atoms with Gasteiger partial charge in [0.1, 0.15) is 0 Å². The van der Waals surface area contributed by atoms with E-state index in [0.29, 0.717) is 5.95 Å². The van der Waals surface area contributed by atoms with E-state index in [1.807, 2.05) is 6.07 Å². The second-order valence-electron chi connectivity index (χ2n) is 13.8. The van der Waals surface area contributed by atoms with Crippen LogP contribution in [0.25, 0.3) is 99.7 Å². The maximum atomic E-state index is 5.46. The SMILES string of the molecule is c1ccc(-c2cc(-c3cccc(-c4ccc5ccccc5c4)c3)nc(-n3c4ccccc4c4ccc5c6ccccc6n(-c6ccccc6)c5c43)n2)cc1. The summed E-state index contributed by atoms with van der Waals surface area (Å²) in [7, 11) is 0. The van der Waals surface area contributed by atoms with Gasteiger partial charge in [-0.3, -0.25) is 4.57 Å². The van der Waals surface area contributed by atoms with E-state index in [2.05, 4.69) is 197 Å². The monoisotopic (exact) mass is 688 g/mol. The van der Waals surface area contributed by atoms with E-state index in [-0.39, 0.29) is 0 Å². The molecule has 11 rings (SSSR count). The molecule has 3 heterocycles. The topological polar surface area (TPSA) is 35.6 Å². The first-order chi connectivity index (χ1) is 26.8. The maximum absolute atomic E-state index is 5.46. The molecule has 3 aromatic heterocycles. The van der Waals surface area contributed by atoms with E-state index < -0.39 is 0 Å². The molecule has 4 nitrogen and oxygen atoms in total. The van der Waals surface area contributed by atoms with Crippen LogP contribution in [-0.4, -0.2) is 19.1 Å². The summed E-state index contributed by atoms with van der Waals surface area (Å²) in [6.07, 6.45) is 0. The quantitative estimate of drug-likeness (QED) is 0.180. The number of rotatable bonds is 5. The Labute approximate surface area is 311 Å². The minimum Gasteiger partial charge on any atom is -0.307 e. The van der Waals surface area contributed by atoms with Gasteiger partial charge >= 0.3 is 0 Å². The van der Waals surface area contributed by atoms with Crippen molar-refractivity contribution in [2.45, 2.75) is 0 Å². The Balaban J connectivity index is 1.22. The van der Waals surface area contributed by atoms with Crippen LogP contribution in [0.5, 0.6) is 0 Å². The van der Waals surface area contributed by atoms with Crippen molar-refractivity contribution in [2.75, 3.05) is 0 Å². The average molecular weight is 689 g/mol. The van der Waals surface area contributed by atoms with E-state index >= 15 is 0 Å². The smallest absolute Gasteiger partial charge is 0.235 e. The molecule has 0 bridgehead atoms. The highest BCUT2D eigenvalue weighted by Gasteiger charge is 2.23. The highest BCUT2D eigenvalue weighted by molar-refractivity contribution is 6.23. The van der Waals surface area contributed by atoms with Crippen molar-refractivity contribution in [3.05, 3.63) is 194 Å². The standard InChI is InChI=1S/C50H32N4/c1-3-15-34(16-4-1)44-32-45(38-19-13-18-36(31-38)37-27-26-33-14-7-8-17-35(33)30-37)52-50(51-44)54-47-25-12-10-23-41(47)43-29-28-42-40-22-9-11-24-46(40)53(48(42)49(43)54)39-20-5-2-6-21-39/h1-32H. The summed E-state index contributed by atoms with van der Waals surface area (Å²) in [5, 5.41) is 7.17. The van der Waals surface area contributed by atoms with Gasteiger partial charge in [-0.25, -0.2) is 9.97 Å². The Hall–Kier alpha value is -7.30. The predicted octanol–water partition coefficient (Wildman–Crippen LogP) is 12.8. The van der Waals surface area contributed by atoms with Crippen LogP contribution in [0.15, 0.2) is 194 Å². The summed E-state index contributed by atoms with van der Waals surface area (Å²) >= 11 is 0. The number of aromatic nitrogens is 4. The van der Waals surface area contributed by atoms with Crippen molar-refractivity contribution in [3.8, 4) is 45.3 Å². The molecule has 11 aromatic rings. The van der Waals surface area contributed by atoms with E-state index in [1.54, 1.807) is 0 Å². The van der Waals surface area contributed by atoms with Gasteiger partial charge < -0.3 is 4.57 Å². The van der Waals surface area contributed by atoms with Gasteiger partial charge in [0.05, 0.1) is 33.5 Å². The Morgan fingerprint density at radius 3 is 1.59 bits per heavy atom. The summed E-state index contributed by atoms with van der Waals surface area (Å²) in [6.45, 7) is 0. The van der Waals surface area contributed by atoms with Gasteiger partial charge in [0.15, 0.2) is 0 Å². The minimum absolute atomic E-state index is 0.631. The number of hydrogen-bond donors (Lipinski definition) is 0. The molecule has 8 aromatic carbocycles. The molecule has 0 aliphatic heterocycles. The van der Waals surface area contributed by atoms with Crippen molar-refractivity contribution in [1.29, 1.82) is 0 Å². The second-order valence-corrected chi connectivity index (χ2v) is 13.8. The molecular formula is C50H32N4. The molecule has 54 heavy (non-hydrogen) atoms. The second kappa shape index (κ2) is 12.1. The van der Waals surface area contributed by atoms with Crippen LogP contribution < -0.4 is 0 Å². The highest BCUT2D eigenvalue weighted by Crippen LogP contribution is 2.42. The van der Waals surface area contributed by atoms with E-state index in [9.17, 15) is 0 Å². The third kappa shape index (κ3) is 4.78. The fourth-order valence-electron chi connectivity index (χ4n) is 8.22. The third-order valence-electron chi connectivity index (χ3n) is 10.7. The molecular weight excluding hydrogens is 657 g/mol. The minimum atomic E-state index is 0.631. The van der Waals surface area contributed by atoms with E-state index in [1.165, 1.54) is 27.1 Å². The number of fused-ring (bicyclic) bond motifs is 8. The Kier molecular flexibility index (Phi) is 6.82. The van der Waals surface area contributed by atoms with Gasteiger partial charge in [-0.05, 0) is 64.4 Å². The van der Waals surface area contributed by atoms with Crippen LogP contribution >= 0.6 is 0 Å². The summed E-state index contributed by atoms with van der Waals surface area (Å²) in [6, 6.07) is 69.0. The zero-order valence-electron chi connectivity index (χ0n) is 29.3. The zero-order chi connectivity index (χ0) is 35.6. The molecule has 0 N–H and O–H groups in total. The van der Waals surface area contributed by atoms with Gasteiger partial charge in [0, 0.05) is 38.4 Å². The van der Waals surface area contributed by atoms with E-state index in [0.717, 1.165) is 66.6 Å². The lowest BCUT2D eigenvalue weighted by Gasteiger charge is -2.14. The Bertz CT molecular complexity index is 3210. The van der Waals surface area contributed by atoms with Crippen molar-refractivity contribution in [2.24, 2.45) is 0 Å². The first-order valence-corrected chi connectivity index (χ1v) is 18.3. The molecule has 4 heteroatoms. The molecule has 252 valence electrons. The molecule has 0 radical (unpaired) electrons. The van der Waals surface area contributed by atoms with Crippen LogP contribution in [0, 0.1) is 0 Å². The zero-order valence-corrected chi connectivity index (χ0v) is 29.3. The molecule has 0 fully saturated rings. The maximum Gasteiger partial charge on any atom is 0.235 e. The number of nitrogens with zero attached hydrogens (tertiary/aromatic N) is 4. The van der Waals surface area contributed by atoms with Crippen LogP contribution in [0.1, 0.15) is 0 Å². The van der Waals surface area contributed by atoms with Crippen molar-refractivity contribution in [3.63, 3.8) is 0 Å². The summed E-state index contributed by atoms with van der Waals surface area (Å²) < 4.78 is 4.69. The Morgan fingerprint density at radius 1 is 0.315 bits per heavy atom. The largest absolute Gasteiger partial charge is 0.307 e. The molecule has 0 unspecified atom stereocenters. The van der Waals surface area contributed by atoms with Gasteiger partial charge in [-0.15, -0.1) is 0 Å². The fourth-order valence-corrected chi connectivity index (χ4v) is 8.22. The number of para-hydroxylation sites is 3. The first kappa shape index (κ1) is 30.3. The summed E-state index contributed by atoms with van der Waals surface area (Å²) in [5.41, 5.74) is 11.7. The summed E-state index contributed by atoms with van der Waals surface area (Å²) in [4.78, 5) is 10.9. The van der Waals surface area contributed by atoms with Crippen molar-refractivity contribution < 1.29 is 0 Å². The predicted molar refractivity (Wildman–Crippen MR) is 225 cm³/mol. The fraction of sp³-hybridized carbons (Fsp3) is 0. The first-order valence-electron chi connectivity index (χ1n) is 18.3. The van der Waals surface area contributed by atoms with E-state index in [4.69, 9.17) is 9.97 Å². The molecule has 0 aliphatic rings. The number of benzene rings is 8. The molecule has 0 spiro atoms. The lowest BCUT2D eigenvalue weighted by molar-refractivity contribution is 0.995. The molecule has 0 saturated carbocycles. The van der Waals surface area contributed by atoms with Crippen LogP contribution in [0.2, 0.25) is 0 Å². The summed E-state index contributed by atoms with van der Waals surface area (Å²) in [5.74, 6) is 0.631. The van der Waals surface area contributed by atoms with Crippen LogP contribution in [0.4, 0.5) is 0 Å². The Morgan fingerprint density at radius 2 is 0.852 bits per heavy atom. The molecule has 0 saturated heterocycles. The highest BCUT2D eigenvalue weighted by atomic mass is 15.2. The van der Waals surface area contributed by atoms with Gasteiger partial charge in [-0.1, -0.05) is 152 Å². The third-order valence-corrected chi connectivity index (χ3v) is 10.7. The number of hydrogen-bond acceptors (Lipinski definition) is 2. The van der Waals surface area contributed by atoms with Crippen LogP contribution in [-0.2, 0) is 0 Å². The molecule has 0 atom stereocenters. The van der Waals surface area contributed by atoms with Crippen LogP contribution in [0.3, 0.4) is 0 Å². The average Bonchev–Trinajstić information content (AvgIpc) is 3.77. The van der Waals surface area contributed by atoms with Crippen molar-refractivity contribution >= 4 is 54.4 Å². The van der Waals surface area contributed by atoms with Gasteiger partial charge in [0.2, 0.25) is 5.95 Å².